The van der Waals surface area contributed by atoms with Gasteiger partial charge >= 0.3 is 72.6 Å². The Morgan fingerprint density at radius 3 is 2.21 bits per heavy atom. The minimum Gasteiger partial charge on any atom is -0.789 e. The van der Waals surface area contributed by atoms with Crippen molar-refractivity contribution < 1.29 is 107 Å². The first-order valence-corrected chi connectivity index (χ1v) is 9.78. The Labute approximate surface area is 202 Å². The molecule has 18 heteroatoms. The quantitative estimate of drug-likeness (QED) is 0.206. The van der Waals surface area contributed by atoms with E-state index in [1.807, 2.05) is 0 Å². The monoisotopic (exact) mass is 464 g/mol. The minimum atomic E-state index is -5.55. The van der Waals surface area contributed by atoms with E-state index in [0.717, 1.165) is 0 Å². The molecule has 0 saturated carbocycles. The Morgan fingerprint density at radius 1 is 1.32 bits per heavy atom. The van der Waals surface area contributed by atoms with Crippen LogP contribution in [0.2, 0.25) is 0 Å². The molecule has 0 radical (unpaired) electrons. The van der Waals surface area contributed by atoms with Gasteiger partial charge in [0, 0.05) is 18.2 Å². The Morgan fingerprint density at radius 2 is 1.86 bits per heavy atom. The Balaban J connectivity index is 0. The third kappa shape index (κ3) is 10.7. The predicted octanol–water partition coefficient (Wildman–Crippen LogP) is -9.58. The van der Waals surface area contributed by atoms with Gasteiger partial charge in [-0.3, -0.25) is 18.7 Å². The van der Waals surface area contributed by atoms with Crippen molar-refractivity contribution in [3.05, 3.63) is 32.6 Å². The normalized spacial score (nSPS) is 21.8. The van der Waals surface area contributed by atoms with Crippen LogP contribution in [0, 0.1) is 6.92 Å². The van der Waals surface area contributed by atoms with Crippen molar-refractivity contribution in [2.45, 2.75) is 31.8 Å². The topological polar surface area (TPSA) is 234 Å². The van der Waals surface area contributed by atoms with Gasteiger partial charge in [0.15, 0.2) is 0 Å². The van der Waals surface area contributed by atoms with Crippen molar-refractivity contribution in [3.8, 4) is 0 Å². The summed E-state index contributed by atoms with van der Waals surface area (Å²) >= 11 is 0. The van der Waals surface area contributed by atoms with Gasteiger partial charge in [-0.05, 0) is 6.92 Å². The summed E-state index contributed by atoms with van der Waals surface area (Å²) in [5.41, 5.74) is -0.643. The van der Waals surface area contributed by atoms with Crippen LogP contribution in [0.5, 0.6) is 0 Å². The molecule has 5 N–H and O–H groups in total. The molecule has 1 aliphatic rings. The second kappa shape index (κ2) is 12.6. The molecule has 0 bridgehead atoms. The van der Waals surface area contributed by atoms with Crippen LogP contribution in [-0.2, 0) is 18.2 Å². The molecule has 1 aliphatic heterocycles. The molecule has 0 amide bonds. The van der Waals surface area contributed by atoms with E-state index in [0.29, 0.717) is 5.56 Å². The van der Waals surface area contributed by atoms with Gasteiger partial charge in [-0.2, -0.15) is 0 Å². The number of aromatic nitrogens is 2. The molecule has 1 aromatic rings. The molecule has 3 atom stereocenters. The fraction of sp³-hybridized carbons (Fsp3) is 0.600. The van der Waals surface area contributed by atoms with E-state index in [1.165, 1.54) is 10.8 Å². The van der Waals surface area contributed by atoms with Crippen LogP contribution in [-0.4, -0.2) is 48.4 Å². The third-order valence-corrected chi connectivity index (χ3v) is 4.70. The van der Waals surface area contributed by atoms with Crippen molar-refractivity contribution in [2.24, 2.45) is 0 Å². The number of nitrogens with zero attached hydrogens (tertiary/aromatic N) is 1. The van der Waals surface area contributed by atoms with E-state index in [2.05, 4.69) is 9.29 Å². The maximum absolute atomic E-state index is 11.6. The fourth-order valence-corrected chi connectivity index (χ4v) is 3.02. The first-order chi connectivity index (χ1) is 11.7. The largest absolute Gasteiger partial charge is 1.00 e. The number of nitrogens with one attached hydrogen (secondary N) is 1. The van der Waals surface area contributed by atoms with Crippen molar-refractivity contribution in [1.29, 1.82) is 0 Å². The molecule has 1 aromatic heterocycles. The number of hydrogen-bond donors (Lipinski definition) is 5. The molecule has 0 aliphatic carbocycles. The van der Waals surface area contributed by atoms with Gasteiger partial charge in [0.05, 0.1) is 20.5 Å². The molecule has 14 nitrogen and oxygen atoms in total. The molecular formula is C10H16N2Na2O12P2. The van der Waals surface area contributed by atoms with Crippen LogP contribution in [0.15, 0.2) is 15.8 Å². The van der Waals surface area contributed by atoms with Crippen LogP contribution < -0.4 is 80.2 Å². The van der Waals surface area contributed by atoms with Gasteiger partial charge in [-0.15, -0.1) is 0 Å². The summed E-state index contributed by atoms with van der Waals surface area (Å²) in [6.45, 7) is 1.26. The standard InChI is InChI=1S/C10H14N2O5.2Na.H4O7P2/c1-5-3-12(10(16)11-9(5)15)8-2-6(14)7(4-13)17-8;;;1-8(2,3)7-9(4,5)6/h3,6-8,13-14H,2,4H2,1H3,(H,11,15,16);;;(H2,1,2,3)(H2,4,5,6)/q;2*+1;/p-2/t6-,7+,8+;;;/m0.../s1. The maximum atomic E-state index is 11.6. The Hall–Kier alpha value is 0.820. The summed E-state index contributed by atoms with van der Waals surface area (Å²) in [4.78, 5) is 59.1. The van der Waals surface area contributed by atoms with E-state index in [-0.39, 0.29) is 72.1 Å². The van der Waals surface area contributed by atoms with Crippen molar-refractivity contribution in [3.63, 3.8) is 0 Å². The van der Waals surface area contributed by atoms with Gasteiger partial charge in [-0.25, -0.2) is 9.36 Å². The number of ether oxygens (including phenoxy) is 1. The number of aliphatic hydroxyl groups is 2. The van der Waals surface area contributed by atoms with Gasteiger partial charge in [0.25, 0.3) is 5.56 Å². The van der Waals surface area contributed by atoms with Crippen molar-refractivity contribution in [1.82, 2.24) is 9.55 Å². The van der Waals surface area contributed by atoms with Gasteiger partial charge in [0.1, 0.15) is 12.3 Å². The second-order valence-electron chi connectivity index (χ2n) is 5.11. The number of H-pyrrole nitrogens is 1. The summed E-state index contributed by atoms with van der Waals surface area (Å²) < 4.78 is 28.2. The third-order valence-electron chi connectivity index (χ3n) is 3.05. The molecular weight excluding hydrogens is 448 g/mol. The fourth-order valence-electron chi connectivity index (χ4n) is 1.98. The first-order valence-electron chi connectivity index (χ1n) is 6.79. The van der Waals surface area contributed by atoms with Crippen LogP contribution in [0.25, 0.3) is 0 Å². The van der Waals surface area contributed by atoms with Crippen LogP contribution in [0.4, 0.5) is 0 Å². The average Bonchev–Trinajstić information content (AvgIpc) is 2.80. The molecule has 0 aromatic carbocycles. The minimum absolute atomic E-state index is 0. The molecule has 150 valence electrons. The second-order valence-corrected chi connectivity index (χ2v) is 7.64. The zero-order valence-corrected chi connectivity index (χ0v) is 20.9. The van der Waals surface area contributed by atoms with Gasteiger partial charge in [-0.1, -0.05) is 0 Å². The van der Waals surface area contributed by atoms with E-state index in [9.17, 15) is 33.6 Å². The maximum Gasteiger partial charge on any atom is 1.00 e. The van der Waals surface area contributed by atoms with Crippen molar-refractivity contribution >= 4 is 15.6 Å². The zero-order valence-electron chi connectivity index (χ0n) is 15.1. The van der Waals surface area contributed by atoms with Gasteiger partial charge < -0.3 is 39.1 Å². The number of rotatable bonds is 4. The summed E-state index contributed by atoms with van der Waals surface area (Å²) in [5, 5.41) is 18.5. The number of hydrogen-bond acceptors (Lipinski definition) is 10. The molecule has 28 heavy (non-hydrogen) atoms. The Bertz CT molecular complexity index is 812. The summed E-state index contributed by atoms with van der Waals surface area (Å²) in [6, 6.07) is 0. The summed E-state index contributed by atoms with van der Waals surface area (Å²) in [5.74, 6) is 0. The zero-order chi connectivity index (χ0) is 20.3. The molecule has 2 heterocycles. The Kier molecular flexibility index (Phi) is 14.0. The van der Waals surface area contributed by atoms with E-state index in [1.54, 1.807) is 6.92 Å². The van der Waals surface area contributed by atoms with Crippen molar-refractivity contribution in [2.75, 3.05) is 6.61 Å². The van der Waals surface area contributed by atoms with E-state index >= 15 is 0 Å². The smallest absolute Gasteiger partial charge is 0.789 e. The molecule has 2 rings (SSSR count). The first kappa shape index (κ1) is 31.0. The van der Waals surface area contributed by atoms with Crippen LogP contribution in [0.3, 0.4) is 0 Å². The summed E-state index contributed by atoms with van der Waals surface area (Å²) in [6.07, 6.45) is -0.581. The number of aryl methyl sites for hydroxylation is 1. The van der Waals surface area contributed by atoms with Gasteiger partial charge in [0.2, 0.25) is 0 Å². The van der Waals surface area contributed by atoms with Crippen LogP contribution in [0.1, 0.15) is 18.2 Å². The molecule has 0 unspecified atom stereocenters. The van der Waals surface area contributed by atoms with Crippen LogP contribution >= 0.6 is 15.6 Å². The van der Waals surface area contributed by atoms with E-state index < -0.39 is 45.3 Å². The predicted molar refractivity (Wildman–Crippen MR) is 78.4 cm³/mol. The molecule has 1 fully saturated rings. The average molecular weight is 464 g/mol. The number of aromatic amines is 1. The molecule has 0 spiro atoms. The van der Waals surface area contributed by atoms with E-state index in [4.69, 9.17) is 19.6 Å². The SMILES string of the molecule is Cc1cn([C@H]2C[C@H](O)[C@@H](CO)O2)c(=O)[nH]c1=O.O=P([O-])([O-])OP(=O)(O)O.[Na+].[Na+]. The number of aliphatic hydroxyl groups excluding tert-OH is 2. The molecule has 1 saturated heterocycles. The summed E-state index contributed by atoms with van der Waals surface area (Å²) in [7, 11) is -10.7. The number of phosphoric acid groups is 2.